The first-order chi connectivity index (χ1) is 10.4. The molecule has 1 aliphatic rings. The number of piperidine rings is 1. The lowest BCUT2D eigenvalue weighted by molar-refractivity contribution is -0.884. The second-order valence-corrected chi connectivity index (χ2v) is 8.14. The Balaban J connectivity index is 0.000000261. The number of hydrogen-bond acceptors (Lipinski definition) is 5. The number of rotatable bonds is 4. The standard InChI is InChI=1S/C10H14ClNS2.C4H4O4/c1-12-6-4-8(5-7-12)13-10-3-2-9(11)14-10;5-3(6)1-2-4(7)8/h2-3,8H,4-7H2,1H3;1-2H,(H,5,6)(H,7,8)/b;2-1+. The molecule has 1 saturated heterocycles. The predicted octanol–water partition coefficient (Wildman–Crippen LogP) is 0.548. The smallest absolute Gasteiger partial charge is 0.328 e. The maximum Gasteiger partial charge on any atom is 0.328 e. The van der Waals surface area contributed by atoms with Gasteiger partial charge in [-0.1, -0.05) is 11.6 Å². The topological polar surface area (TPSA) is 81.9 Å². The van der Waals surface area contributed by atoms with Crippen molar-refractivity contribution >= 4 is 46.6 Å². The van der Waals surface area contributed by atoms with Crippen LogP contribution in [0.25, 0.3) is 0 Å². The van der Waals surface area contributed by atoms with Crippen molar-refractivity contribution < 1.29 is 24.7 Å². The van der Waals surface area contributed by atoms with E-state index in [0.29, 0.717) is 12.2 Å². The van der Waals surface area contributed by atoms with Gasteiger partial charge in [-0.2, -0.15) is 0 Å². The molecule has 2 heterocycles. The van der Waals surface area contributed by atoms with Gasteiger partial charge >= 0.3 is 5.97 Å². The maximum absolute atomic E-state index is 9.53. The first-order valence-electron chi connectivity index (χ1n) is 6.72. The molecule has 8 heteroatoms. The Hall–Kier alpha value is -1.02. The number of likely N-dealkylation sites (tertiary alicyclic amines) is 1. The molecule has 0 spiro atoms. The molecule has 2 rings (SSSR count). The highest BCUT2D eigenvalue weighted by Gasteiger charge is 2.20. The van der Waals surface area contributed by atoms with E-state index in [1.807, 2.05) is 17.8 Å². The van der Waals surface area contributed by atoms with Crippen molar-refractivity contribution in [3.05, 3.63) is 28.6 Å². The molecular formula is C14H18ClNO4S2. The molecule has 5 nitrogen and oxygen atoms in total. The van der Waals surface area contributed by atoms with Gasteiger partial charge in [0.2, 0.25) is 0 Å². The van der Waals surface area contributed by atoms with Crippen LogP contribution >= 0.6 is 34.7 Å². The fourth-order valence-corrected chi connectivity index (χ4v) is 4.60. The van der Waals surface area contributed by atoms with E-state index in [1.54, 1.807) is 16.2 Å². The SMILES string of the molecule is C[NH+]1CCC(Sc2ccc(Cl)s2)CC1.O=C([O-])/C=C/C(=O)O. The van der Waals surface area contributed by atoms with Crippen LogP contribution in [0.4, 0.5) is 0 Å². The molecule has 1 aliphatic heterocycles. The van der Waals surface area contributed by atoms with Crippen LogP contribution in [-0.2, 0) is 9.59 Å². The summed E-state index contributed by atoms with van der Waals surface area (Å²) in [5, 5.41) is 18.0. The second-order valence-electron chi connectivity index (χ2n) is 4.82. The summed E-state index contributed by atoms with van der Waals surface area (Å²) in [6.07, 6.45) is 3.62. The zero-order valence-corrected chi connectivity index (χ0v) is 14.5. The molecule has 2 N–H and O–H groups in total. The van der Waals surface area contributed by atoms with Crippen molar-refractivity contribution in [3.8, 4) is 0 Å². The van der Waals surface area contributed by atoms with E-state index in [-0.39, 0.29) is 0 Å². The Bertz CT molecular complexity index is 509. The maximum atomic E-state index is 9.53. The molecule has 1 aromatic rings. The lowest BCUT2D eigenvalue weighted by atomic mass is 10.1. The van der Waals surface area contributed by atoms with Gasteiger partial charge in [0, 0.05) is 24.2 Å². The number of carbonyl (C=O) groups is 2. The summed E-state index contributed by atoms with van der Waals surface area (Å²) >= 11 is 9.61. The summed E-state index contributed by atoms with van der Waals surface area (Å²) < 4.78 is 2.28. The van der Waals surface area contributed by atoms with Crippen LogP contribution in [0.5, 0.6) is 0 Å². The Morgan fingerprint density at radius 3 is 2.45 bits per heavy atom. The molecular weight excluding hydrogens is 346 g/mol. The van der Waals surface area contributed by atoms with Crippen LogP contribution in [0.1, 0.15) is 12.8 Å². The van der Waals surface area contributed by atoms with Gasteiger partial charge in [-0.05, 0) is 18.2 Å². The number of aliphatic carboxylic acids is 2. The molecule has 0 unspecified atom stereocenters. The summed E-state index contributed by atoms with van der Waals surface area (Å²) in [5.41, 5.74) is 0. The molecule has 22 heavy (non-hydrogen) atoms. The van der Waals surface area contributed by atoms with E-state index in [4.69, 9.17) is 16.7 Å². The number of hydrogen-bond donors (Lipinski definition) is 2. The normalized spacial score (nSPS) is 21.2. The minimum atomic E-state index is -1.51. The van der Waals surface area contributed by atoms with Gasteiger partial charge in [0.25, 0.3) is 0 Å². The van der Waals surface area contributed by atoms with Crippen molar-refractivity contribution in [1.29, 1.82) is 0 Å². The van der Waals surface area contributed by atoms with Crippen LogP contribution in [0, 0.1) is 0 Å². The Morgan fingerprint density at radius 1 is 1.41 bits per heavy atom. The van der Waals surface area contributed by atoms with Crippen LogP contribution in [0.15, 0.2) is 28.5 Å². The zero-order chi connectivity index (χ0) is 16.5. The van der Waals surface area contributed by atoms with E-state index in [1.165, 1.54) is 30.1 Å². The molecule has 0 aromatic carbocycles. The first-order valence-corrected chi connectivity index (χ1v) is 8.79. The average molecular weight is 364 g/mol. The molecule has 122 valence electrons. The summed E-state index contributed by atoms with van der Waals surface area (Å²) in [6.45, 7) is 2.63. The minimum absolute atomic E-state index is 0.447. The molecule has 0 atom stereocenters. The number of carbonyl (C=O) groups excluding carboxylic acids is 1. The highest BCUT2D eigenvalue weighted by atomic mass is 35.5. The Labute approximate surface area is 142 Å². The number of carboxylic acids is 2. The fourth-order valence-electron chi connectivity index (χ4n) is 1.87. The number of nitrogens with one attached hydrogen (secondary N) is 1. The average Bonchev–Trinajstić information content (AvgIpc) is 2.85. The quantitative estimate of drug-likeness (QED) is 0.763. The van der Waals surface area contributed by atoms with E-state index < -0.39 is 11.9 Å². The number of quaternary nitrogens is 1. The lowest BCUT2D eigenvalue weighted by Gasteiger charge is -2.25. The van der Waals surface area contributed by atoms with E-state index >= 15 is 0 Å². The molecule has 1 fully saturated rings. The fraction of sp³-hybridized carbons (Fsp3) is 0.429. The van der Waals surface area contributed by atoms with Crippen molar-refractivity contribution in [2.24, 2.45) is 0 Å². The van der Waals surface area contributed by atoms with E-state index in [0.717, 1.165) is 9.59 Å². The van der Waals surface area contributed by atoms with Crippen LogP contribution in [-0.4, -0.2) is 42.4 Å². The summed E-state index contributed by atoms with van der Waals surface area (Å²) in [4.78, 5) is 20.6. The van der Waals surface area contributed by atoms with Gasteiger partial charge in [-0.25, -0.2) is 4.79 Å². The third kappa shape index (κ3) is 8.43. The van der Waals surface area contributed by atoms with E-state index in [2.05, 4.69) is 13.1 Å². The zero-order valence-electron chi connectivity index (χ0n) is 12.1. The molecule has 0 radical (unpaired) electrons. The van der Waals surface area contributed by atoms with Crippen LogP contribution in [0.2, 0.25) is 4.34 Å². The van der Waals surface area contributed by atoms with Gasteiger partial charge < -0.3 is 19.9 Å². The van der Waals surface area contributed by atoms with Crippen molar-refractivity contribution in [2.75, 3.05) is 20.1 Å². The lowest BCUT2D eigenvalue weighted by Crippen LogP contribution is -3.10. The van der Waals surface area contributed by atoms with Gasteiger partial charge in [-0.15, -0.1) is 23.1 Å². The highest BCUT2D eigenvalue weighted by molar-refractivity contribution is 8.01. The minimum Gasteiger partial charge on any atom is -0.545 e. The molecule has 0 bridgehead atoms. The first kappa shape index (κ1) is 19.0. The molecule has 0 saturated carbocycles. The number of thiophene rings is 1. The predicted molar refractivity (Wildman–Crippen MR) is 86.6 cm³/mol. The number of carboxylic acid groups (broad SMARTS) is 2. The summed E-state index contributed by atoms with van der Waals surface area (Å²) in [6, 6.07) is 4.14. The third-order valence-electron chi connectivity index (χ3n) is 2.98. The Kier molecular flexibility index (Phi) is 8.55. The molecule has 1 aromatic heterocycles. The summed E-state index contributed by atoms with van der Waals surface area (Å²) in [7, 11) is 2.28. The van der Waals surface area contributed by atoms with Gasteiger partial charge in [-0.3, -0.25) is 0 Å². The van der Waals surface area contributed by atoms with Crippen molar-refractivity contribution in [1.82, 2.24) is 0 Å². The monoisotopic (exact) mass is 363 g/mol. The highest BCUT2D eigenvalue weighted by Crippen LogP contribution is 2.35. The van der Waals surface area contributed by atoms with Crippen molar-refractivity contribution in [3.63, 3.8) is 0 Å². The number of halogens is 1. The number of thioether (sulfide) groups is 1. The van der Waals surface area contributed by atoms with Crippen LogP contribution in [0.3, 0.4) is 0 Å². The third-order valence-corrected chi connectivity index (χ3v) is 5.72. The van der Waals surface area contributed by atoms with Gasteiger partial charge in [0.05, 0.1) is 34.7 Å². The Morgan fingerprint density at radius 2 is 2.05 bits per heavy atom. The van der Waals surface area contributed by atoms with Gasteiger partial charge in [0.15, 0.2) is 0 Å². The molecule has 0 amide bonds. The molecule has 0 aliphatic carbocycles. The summed E-state index contributed by atoms with van der Waals surface area (Å²) in [5.74, 6) is -2.80. The second kappa shape index (κ2) is 9.89. The largest absolute Gasteiger partial charge is 0.545 e. The van der Waals surface area contributed by atoms with Crippen molar-refractivity contribution in [2.45, 2.75) is 22.3 Å². The van der Waals surface area contributed by atoms with Crippen LogP contribution < -0.4 is 10.0 Å². The van der Waals surface area contributed by atoms with Gasteiger partial charge in [0.1, 0.15) is 0 Å². The van der Waals surface area contributed by atoms with E-state index in [9.17, 15) is 14.7 Å².